The van der Waals surface area contributed by atoms with Crippen molar-refractivity contribution in [1.82, 2.24) is 9.62 Å². The smallest absolute Gasteiger partial charge is 0.225 e. The highest BCUT2D eigenvalue weighted by Gasteiger charge is 2.61. The molecule has 1 saturated heterocycles. The van der Waals surface area contributed by atoms with Gasteiger partial charge in [0.25, 0.3) is 0 Å². The molecule has 5 nitrogen and oxygen atoms in total. The van der Waals surface area contributed by atoms with E-state index >= 15 is 0 Å². The summed E-state index contributed by atoms with van der Waals surface area (Å²) in [5, 5.41) is 0. The number of rotatable bonds is 7. The summed E-state index contributed by atoms with van der Waals surface area (Å²) < 4.78 is 27.0. The van der Waals surface area contributed by atoms with Crippen LogP contribution in [0.4, 0.5) is 0 Å². The fourth-order valence-corrected chi connectivity index (χ4v) is 5.47. The summed E-state index contributed by atoms with van der Waals surface area (Å²) in [7, 11) is -3.35. The topological polar surface area (TPSA) is 66.5 Å². The number of nitrogens with zero attached hydrogens (tertiary/aromatic N) is 1. The van der Waals surface area contributed by atoms with E-state index in [0.717, 1.165) is 19.3 Å². The molecule has 2 atom stereocenters. The zero-order valence-electron chi connectivity index (χ0n) is 17.7. The van der Waals surface area contributed by atoms with Crippen molar-refractivity contribution in [3.8, 4) is 0 Å². The standard InChI is InChI=1S/C22H34N2O3S/c1-15(2)11-17-7-6-8-18(12-17)13-19-20(23-28(5,26)27)22(9-10-22)14-24(19)21(25)16(3)4/h6-8,12,15-16,19-20,23H,9-11,13-14H2,1-5H3. The van der Waals surface area contributed by atoms with Crippen LogP contribution in [-0.4, -0.2) is 44.1 Å². The lowest BCUT2D eigenvalue weighted by molar-refractivity contribution is -0.135. The highest BCUT2D eigenvalue weighted by Crippen LogP contribution is 2.55. The predicted molar refractivity (Wildman–Crippen MR) is 112 cm³/mol. The monoisotopic (exact) mass is 406 g/mol. The van der Waals surface area contributed by atoms with Crippen molar-refractivity contribution in [3.05, 3.63) is 35.4 Å². The molecule has 1 N–H and O–H groups in total. The average molecular weight is 407 g/mol. The van der Waals surface area contributed by atoms with Gasteiger partial charge in [-0.15, -0.1) is 0 Å². The first-order valence-electron chi connectivity index (χ1n) is 10.4. The summed E-state index contributed by atoms with van der Waals surface area (Å²) >= 11 is 0. The Morgan fingerprint density at radius 2 is 1.86 bits per heavy atom. The quantitative estimate of drug-likeness (QED) is 0.757. The van der Waals surface area contributed by atoms with E-state index in [1.165, 1.54) is 17.4 Å². The SMILES string of the molecule is CC(C)Cc1cccc(CC2C(NS(C)(=O)=O)C3(CC3)CN2C(=O)C(C)C)c1. The number of sulfonamides is 1. The molecule has 28 heavy (non-hydrogen) atoms. The Kier molecular flexibility index (Phi) is 5.93. The van der Waals surface area contributed by atoms with Crippen molar-refractivity contribution in [2.45, 2.75) is 65.5 Å². The maximum absolute atomic E-state index is 12.9. The Morgan fingerprint density at radius 3 is 2.39 bits per heavy atom. The highest BCUT2D eigenvalue weighted by molar-refractivity contribution is 7.88. The van der Waals surface area contributed by atoms with Crippen LogP contribution in [0.15, 0.2) is 24.3 Å². The lowest BCUT2D eigenvalue weighted by atomic mass is 9.91. The Hall–Kier alpha value is -1.40. The second-order valence-corrected chi connectivity index (χ2v) is 11.3. The van der Waals surface area contributed by atoms with Gasteiger partial charge in [-0.1, -0.05) is 52.0 Å². The molecule has 2 fully saturated rings. The second kappa shape index (κ2) is 7.79. The molecule has 1 heterocycles. The van der Waals surface area contributed by atoms with Gasteiger partial charge in [0.05, 0.1) is 12.3 Å². The van der Waals surface area contributed by atoms with Gasteiger partial charge in [0.15, 0.2) is 0 Å². The highest BCUT2D eigenvalue weighted by atomic mass is 32.2. The zero-order chi connectivity index (χ0) is 20.7. The number of carbonyl (C=O) groups excluding carboxylic acids is 1. The number of hydrogen-bond acceptors (Lipinski definition) is 3. The molecule has 1 aliphatic heterocycles. The van der Waals surface area contributed by atoms with E-state index < -0.39 is 10.0 Å². The van der Waals surface area contributed by atoms with Gasteiger partial charge in [-0.2, -0.15) is 0 Å². The van der Waals surface area contributed by atoms with Gasteiger partial charge < -0.3 is 4.90 Å². The minimum absolute atomic E-state index is 0.0894. The molecule has 3 rings (SSSR count). The molecule has 0 bridgehead atoms. The van der Waals surface area contributed by atoms with E-state index in [4.69, 9.17) is 0 Å². The molecule has 6 heteroatoms. The van der Waals surface area contributed by atoms with Crippen LogP contribution in [0.1, 0.15) is 51.7 Å². The Morgan fingerprint density at radius 1 is 1.21 bits per heavy atom. The zero-order valence-corrected chi connectivity index (χ0v) is 18.6. The Balaban J connectivity index is 1.91. The van der Waals surface area contributed by atoms with E-state index in [1.807, 2.05) is 18.7 Å². The van der Waals surface area contributed by atoms with Gasteiger partial charge in [0.1, 0.15) is 0 Å². The van der Waals surface area contributed by atoms with Gasteiger partial charge in [0.2, 0.25) is 15.9 Å². The van der Waals surface area contributed by atoms with Crippen molar-refractivity contribution in [1.29, 1.82) is 0 Å². The average Bonchev–Trinajstić information content (AvgIpc) is 3.29. The molecular weight excluding hydrogens is 372 g/mol. The molecule has 0 aromatic heterocycles. The van der Waals surface area contributed by atoms with Gasteiger partial charge in [-0.25, -0.2) is 13.1 Å². The van der Waals surface area contributed by atoms with E-state index in [0.29, 0.717) is 18.9 Å². The molecule has 2 aliphatic rings. The number of benzene rings is 1. The second-order valence-electron chi connectivity index (χ2n) is 9.54. The first-order chi connectivity index (χ1) is 13.0. The van der Waals surface area contributed by atoms with E-state index in [2.05, 4.69) is 42.8 Å². The third-order valence-corrected chi connectivity index (χ3v) is 6.70. The molecule has 1 aliphatic carbocycles. The van der Waals surface area contributed by atoms with Crippen LogP contribution >= 0.6 is 0 Å². The van der Waals surface area contributed by atoms with Crippen molar-refractivity contribution < 1.29 is 13.2 Å². The maximum Gasteiger partial charge on any atom is 0.225 e. The van der Waals surface area contributed by atoms with E-state index in [9.17, 15) is 13.2 Å². The van der Waals surface area contributed by atoms with Gasteiger partial charge >= 0.3 is 0 Å². The Bertz CT molecular complexity index is 828. The van der Waals surface area contributed by atoms with Crippen molar-refractivity contribution >= 4 is 15.9 Å². The van der Waals surface area contributed by atoms with Crippen LogP contribution in [0.5, 0.6) is 0 Å². The first-order valence-corrected chi connectivity index (χ1v) is 12.3. The van der Waals surface area contributed by atoms with Crippen LogP contribution in [0.2, 0.25) is 0 Å². The number of amides is 1. The summed E-state index contributed by atoms with van der Waals surface area (Å²) in [5.41, 5.74) is 2.37. The molecule has 1 spiro atoms. The summed E-state index contributed by atoms with van der Waals surface area (Å²) in [6, 6.07) is 8.18. The normalized spacial score (nSPS) is 23.8. The van der Waals surface area contributed by atoms with Gasteiger partial charge in [0, 0.05) is 23.9 Å². The maximum atomic E-state index is 12.9. The molecule has 1 amide bonds. The predicted octanol–water partition coefficient (Wildman–Crippen LogP) is 2.99. The van der Waals surface area contributed by atoms with E-state index in [-0.39, 0.29) is 29.3 Å². The molecule has 1 aromatic rings. The van der Waals surface area contributed by atoms with Crippen molar-refractivity contribution in [2.24, 2.45) is 17.3 Å². The summed E-state index contributed by atoms with van der Waals surface area (Å²) in [6.07, 6.45) is 4.87. The minimum Gasteiger partial charge on any atom is -0.337 e. The van der Waals surface area contributed by atoms with Crippen LogP contribution in [0, 0.1) is 17.3 Å². The van der Waals surface area contributed by atoms with E-state index in [1.54, 1.807) is 0 Å². The molecule has 1 aromatic carbocycles. The lowest BCUT2D eigenvalue weighted by Crippen LogP contribution is -2.50. The van der Waals surface area contributed by atoms with Gasteiger partial charge in [-0.3, -0.25) is 4.79 Å². The third-order valence-electron chi connectivity index (χ3n) is 6.02. The number of nitrogens with one attached hydrogen (secondary N) is 1. The third kappa shape index (κ3) is 4.77. The molecular formula is C22H34N2O3S. The molecule has 0 radical (unpaired) electrons. The summed E-state index contributed by atoms with van der Waals surface area (Å²) in [5.74, 6) is 0.602. The molecule has 156 valence electrons. The van der Waals surface area contributed by atoms with Crippen LogP contribution in [0.25, 0.3) is 0 Å². The van der Waals surface area contributed by atoms with Crippen molar-refractivity contribution in [2.75, 3.05) is 12.8 Å². The largest absolute Gasteiger partial charge is 0.337 e. The number of likely N-dealkylation sites (tertiary alicyclic amines) is 1. The van der Waals surface area contributed by atoms with Crippen LogP contribution < -0.4 is 4.72 Å². The number of carbonyl (C=O) groups is 1. The molecule has 2 unspecified atom stereocenters. The van der Waals surface area contributed by atoms with Crippen LogP contribution in [0.3, 0.4) is 0 Å². The van der Waals surface area contributed by atoms with Crippen LogP contribution in [-0.2, 0) is 27.7 Å². The fourth-order valence-electron chi connectivity index (χ4n) is 4.60. The van der Waals surface area contributed by atoms with Gasteiger partial charge in [-0.05, 0) is 42.7 Å². The summed E-state index contributed by atoms with van der Waals surface area (Å²) in [6.45, 7) is 8.90. The van der Waals surface area contributed by atoms with Crippen molar-refractivity contribution in [3.63, 3.8) is 0 Å². The molecule has 1 saturated carbocycles. The first kappa shape index (κ1) is 21.3. The lowest BCUT2D eigenvalue weighted by Gasteiger charge is -2.30. The summed E-state index contributed by atoms with van der Waals surface area (Å²) in [4.78, 5) is 14.9. The minimum atomic E-state index is -3.35. The Labute approximate surface area is 169 Å². The number of hydrogen-bond donors (Lipinski definition) is 1. The fraction of sp³-hybridized carbons (Fsp3) is 0.682.